The van der Waals surface area contributed by atoms with E-state index in [1.807, 2.05) is 59.4 Å². The molecule has 1 aliphatic heterocycles. The van der Waals surface area contributed by atoms with Crippen molar-refractivity contribution in [2.24, 2.45) is 0 Å². The first-order chi connectivity index (χ1) is 14.7. The van der Waals surface area contributed by atoms with Gasteiger partial charge in [-0.3, -0.25) is 9.48 Å². The molecule has 1 aromatic heterocycles. The summed E-state index contributed by atoms with van der Waals surface area (Å²) in [5.41, 5.74) is 6.67. The van der Waals surface area contributed by atoms with Gasteiger partial charge in [0.25, 0.3) is 5.91 Å². The first-order valence-corrected chi connectivity index (χ1v) is 10.0. The molecule has 5 heteroatoms. The van der Waals surface area contributed by atoms with Crippen molar-refractivity contribution in [1.82, 2.24) is 15.1 Å². The van der Waals surface area contributed by atoms with Crippen molar-refractivity contribution in [2.75, 3.05) is 5.32 Å². The number of anilines is 1. The molecule has 1 atom stereocenters. The lowest BCUT2D eigenvalue weighted by atomic mass is 10.0. The number of aryl methyl sites for hydroxylation is 1. The molecule has 1 aliphatic rings. The maximum absolute atomic E-state index is 12.7. The summed E-state index contributed by atoms with van der Waals surface area (Å²) < 4.78 is 1.94. The molecule has 2 N–H and O–H groups in total. The summed E-state index contributed by atoms with van der Waals surface area (Å²) in [4.78, 5) is 12.7. The summed E-state index contributed by atoms with van der Waals surface area (Å²) in [5, 5.41) is 11.4. The van der Waals surface area contributed by atoms with E-state index >= 15 is 0 Å². The molecule has 3 aromatic carbocycles. The molecule has 0 saturated carbocycles. The summed E-state index contributed by atoms with van der Waals surface area (Å²) >= 11 is 0. The van der Waals surface area contributed by atoms with Gasteiger partial charge in [0, 0.05) is 23.0 Å². The van der Waals surface area contributed by atoms with Crippen molar-refractivity contribution in [2.45, 2.75) is 19.6 Å². The number of fused-ring (bicyclic) bond motifs is 1. The Balaban J connectivity index is 1.57. The zero-order valence-electron chi connectivity index (χ0n) is 16.7. The molecular weight excluding hydrogens is 372 g/mol. The molecular formula is C25H22N4O. The number of amides is 1. The quantitative estimate of drug-likeness (QED) is 0.525. The van der Waals surface area contributed by atoms with Crippen LogP contribution >= 0.6 is 0 Å². The molecule has 0 saturated heterocycles. The van der Waals surface area contributed by atoms with Crippen molar-refractivity contribution in [3.8, 4) is 11.3 Å². The Hall–Kier alpha value is -3.86. The minimum absolute atomic E-state index is 0.0830. The second-order valence-electron chi connectivity index (χ2n) is 7.58. The van der Waals surface area contributed by atoms with Crippen LogP contribution in [0.2, 0.25) is 0 Å². The van der Waals surface area contributed by atoms with Crippen LogP contribution in [0.1, 0.15) is 33.2 Å². The lowest BCUT2D eigenvalue weighted by Gasteiger charge is -2.27. The Bertz CT molecular complexity index is 1210. The van der Waals surface area contributed by atoms with Crippen LogP contribution in [-0.2, 0) is 6.54 Å². The van der Waals surface area contributed by atoms with E-state index in [-0.39, 0.29) is 12.1 Å². The van der Waals surface area contributed by atoms with Gasteiger partial charge in [-0.15, -0.1) is 0 Å². The molecule has 1 amide bonds. The summed E-state index contributed by atoms with van der Waals surface area (Å²) in [6, 6.07) is 26.1. The summed E-state index contributed by atoms with van der Waals surface area (Å²) in [6.07, 6.45) is 1.67. The molecule has 5 nitrogen and oxygen atoms in total. The minimum Gasteiger partial charge on any atom is -0.361 e. The summed E-state index contributed by atoms with van der Waals surface area (Å²) in [5.74, 6) is -0.0830. The number of nitrogens with one attached hydrogen (secondary N) is 2. The van der Waals surface area contributed by atoms with Crippen molar-refractivity contribution in [3.05, 3.63) is 107 Å². The van der Waals surface area contributed by atoms with E-state index < -0.39 is 0 Å². The van der Waals surface area contributed by atoms with Crippen molar-refractivity contribution in [3.63, 3.8) is 0 Å². The van der Waals surface area contributed by atoms with Gasteiger partial charge in [-0.1, -0.05) is 66.2 Å². The fraction of sp³-hybridized carbons (Fsp3) is 0.120. The molecule has 5 rings (SSSR count). The third kappa shape index (κ3) is 3.46. The van der Waals surface area contributed by atoms with Crippen LogP contribution in [0.4, 0.5) is 5.69 Å². The average Bonchev–Trinajstić information content (AvgIpc) is 3.18. The van der Waals surface area contributed by atoms with Gasteiger partial charge in [0.1, 0.15) is 6.17 Å². The number of rotatable bonds is 4. The molecule has 0 unspecified atom stereocenters. The molecule has 2 heterocycles. The lowest BCUT2D eigenvalue weighted by Crippen LogP contribution is -2.38. The average molecular weight is 394 g/mol. The molecule has 30 heavy (non-hydrogen) atoms. The van der Waals surface area contributed by atoms with Gasteiger partial charge in [0.15, 0.2) is 0 Å². The first kappa shape index (κ1) is 18.2. The maximum atomic E-state index is 12.7. The molecule has 0 radical (unpaired) electrons. The van der Waals surface area contributed by atoms with Crippen LogP contribution in [0, 0.1) is 6.92 Å². The minimum atomic E-state index is -0.354. The van der Waals surface area contributed by atoms with Crippen molar-refractivity contribution in [1.29, 1.82) is 0 Å². The van der Waals surface area contributed by atoms with Gasteiger partial charge in [0.2, 0.25) is 0 Å². The number of hydrogen-bond donors (Lipinski definition) is 2. The molecule has 0 fully saturated rings. The van der Waals surface area contributed by atoms with Gasteiger partial charge >= 0.3 is 0 Å². The van der Waals surface area contributed by atoms with Gasteiger partial charge in [0.05, 0.1) is 17.8 Å². The summed E-state index contributed by atoms with van der Waals surface area (Å²) in [6.45, 7) is 2.73. The van der Waals surface area contributed by atoms with Gasteiger partial charge in [-0.05, 0) is 30.7 Å². The zero-order chi connectivity index (χ0) is 20.5. The van der Waals surface area contributed by atoms with Crippen LogP contribution in [0.25, 0.3) is 11.3 Å². The zero-order valence-corrected chi connectivity index (χ0v) is 16.7. The van der Waals surface area contributed by atoms with E-state index in [1.165, 1.54) is 11.1 Å². The standard InChI is InChI=1S/C25H22N4O/c1-17-8-7-11-19(14-17)23-21(16-29(28-23)15-18-9-3-2-4-10-18)24-26-22-13-6-5-12-20(22)25(30)27-24/h2-14,16,24,26H,15H2,1H3,(H,27,30)/t24-/m1/s1. The highest BCUT2D eigenvalue weighted by atomic mass is 16.2. The first-order valence-electron chi connectivity index (χ1n) is 10.0. The number of carbonyl (C=O) groups excluding carboxylic acids is 1. The van der Waals surface area contributed by atoms with Crippen molar-refractivity contribution >= 4 is 11.6 Å². The fourth-order valence-electron chi connectivity index (χ4n) is 3.88. The molecule has 0 bridgehead atoms. The molecule has 4 aromatic rings. The smallest absolute Gasteiger partial charge is 0.255 e. The predicted octanol–water partition coefficient (Wildman–Crippen LogP) is 4.76. The van der Waals surface area contributed by atoms with E-state index in [1.54, 1.807) is 0 Å². The highest BCUT2D eigenvalue weighted by Crippen LogP contribution is 2.32. The Morgan fingerprint density at radius 3 is 2.57 bits per heavy atom. The van der Waals surface area contributed by atoms with Crippen LogP contribution in [0.3, 0.4) is 0 Å². The molecule has 0 spiro atoms. The Kier molecular flexibility index (Phi) is 4.56. The van der Waals surface area contributed by atoms with Gasteiger partial charge in [-0.25, -0.2) is 0 Å². The van der Waals surface area contributed by atoms with Gasteiger partial charge < -0.3 is 10.6 Å². The third-order valence-electron chi connectivity index (χ3n) is 5.33. The van der Waals surface area contributed by atoms with E-state index in [0.29, 0.717) is 12.1 Å². The fourth-order valence-corrected chi connectivity index (χ4v) is 3.88. The second kappa shape index (κ2) is 7.52. The van der Waals surface area contributed by atoms with E-state index in [9.17, 15) is 4.79 Å². The van der Waals surface area contributed by atoms with E-state index in [2.05, 4.69) is 47.9 Å². The van der Waals surface area contributed by atoms with Crippen LogP contribution in [0.15, 0.2) is 85.1 Å². The number of aromatic nitrogens is 2. The number of carbonyl (C=O) groups is 1. The Labute approximate surface area is 175 Å². The van der Waals surface area contributed by atoms with Gasteiger partial charge in [-0.2, -0.15) is 5.10 Å². The Morgan fingerprint density at radius 1 is 0.933 bits per heavy atom. The van der Waals surface area contributed by atoms with Crippen molar-refractivity contribution < 1.29 is 4.79 Å². The highest BCUT2D eigenvalue weighted by molar-refractivity contribution is 6.01. The third-order valence-corrected chi connectivity index (χ3v) is 5.33. The van der Waals surface area contributed by atoms with Crippen LogP contribution in [-0.4, -0.2) is 15.7 Å². The highest BCUT2D eigenvalue weighted by Gasteiger charge is 2.28. The number of benzene rings is 3. The second-order valence-corrected chi connectivity index (χ2v) is 7.58. The lowest BCUT2D eigenvalue weighted by molar-refractivity contribution is 0.0936. The molecule has 0 aliphatic carbocycles. The Morgan fingerprint density at radius 2 is 1.73 bits per heavy atom. The van der Waals surface area contributed by atoms with E-state index in [4.69, 9.17) is 5.10 Å². The maximum Gasteiger partial charge on any atom is 0.255 e. The predicted molar refractivity (Wildman–Crippen MR) is 118 cm³/mol. The van der Waals surface area contributed by atoms with E-state index in [0.717, 1.165) is 22.5 Å². The van der Waals surface area contributed by atoms with Crippen LogP contribution < -0.4 is 10.6 Å². The number of nitrogens with zero attached hydrogens (tertiary/aromatic N) is 2. The van der Waals surface area contributed by atoms with Crippen LogP contribution in [0.5, 0.6) is 0 Å². The SMILES string of the molecule is Cc1cccc(-c2nn(Cc3ccccc3)cc2[C@H]2NC(=O)c3ccccc3N2)c1. The normalized spacial score (nSPS) is 15.2. The topological polar surface area (TPSA) is 59.0 Å². The summed E-state index contributed by atoms with van der Waals surface area (Å²) in [7, 11) is 0. The monoisotopic (exact) mass is 394 g/mol. The number of para-hydroxylation sites is 1. The largest absolute Gasteiger partial charge is 0.361 e. The molecule has 148 valence electrons. The number of hydrogen-bond acceptors (Lipinski definition) is 3.